The molecule has 2 aliphatic rings. The Hall–Kier alpha value is -1.31. The predicted octanol–water partition coefficient (Wildman–Crippen LogP) is 2.08. The summed E-state index contributed by atoms with van der Waals surface area (Å²) in [6.07, 6.45) is 5.13. The smallest absolute Gasteiger partial charge is 0.211 e. The zero-order valence-corrected chi connectivity index (χ0v) is 14.5. The van der Waals surface area contributed by atoms with Crippen LogP contribution in [0.5, 0.6) is 0 Å². The lowest BCUT2D eigenvalue weighted by Crippen LogP contribution is -2.61. The topological polar surface area (TPSA) is 69.3 Å². The Morgan fingerprint density at radius 3 is 2.61 bits per heavy atom. The number of benzene rings is 1. The fourth-order valence-electron chi connectivity index (χ4n) is 3.73. The molecule has 1 spiro atoms. The Labute approximate surface area is 140 Å². The summed E-state index contributed by atoms with van der Waals surface area (Å²) in [7, 11) is -3.04. The van der Waals surface area contributed by atoms with Crippen molar-refractivity contribution in [2.45, 2.75) is 12.8 Å². The van der Waals surface area contributed by atoms with Crippen LogP contribution in [-0.2, 0) is 10.0 Å². The Bertz CT molecular complexity index is 847. The zero-order chi connectivity index (χ0) is 16.2. The molecule has 4 rings (SSSR count). The highest BCUT2D eigenvalue weighted by Gasteiger charge is 2.48. The van der Waals surface area contributed by atoms with E-state index >= 15 is 0 Å². The van der Waals surface area contributed by atoms with Gasteiger partial charge in [0.2, 0.25) is 10.0 Å². The highest BCUT2D eigenvalue weighted by atomic mass is 35.5. The minimum absolute atomic E-state index is 0.160. The molecular formula is C15H19ClN4O2S. The monoisotopic (exact) mass is 354 g/mol. The lowest BCUT2D eigenvalue weighted by Gasteiger charge is -2.53. The summed E-state index contributed by atoms with van der Waals surface area (Å²) in [5.41, 5.74) is 2.21. The molecule has 0 aliphatic carbocycles. The number of nitrogens with one attached hydrogen (secondary N) is 1. The maximum absolute atomic E-state index is 11.6. The van der Waals surface area contributed by atoms with Crippen LogP contribution in [0.15, 0.2) is 18.3 Å². The van der Waals surface area contributed by atoms with Crippen molar-refractivity contribution in [1.82, 2.24) is 14.5 Å². The van der Waals surface area contributed by atoms with Crippen LogP contribution in [0.25, 0.3) is 10.9 Å². The fraction of sp³-hybridized carbons (Fsp3) is 0.533. The van der Waals surface area contributed by atoms with Crippen LogP contribution in [0.3, 0.4) is 0 Å². The van der Waals surface area contributed by atoms with Crippen LogP contribution in [0.2, 0.25) is 5.02 Å². The van der Waals surface area contributed by atoms with Gasteiger partial charge in [-0.25, -0.2) is 12.7 Å². The first-order chi connectivity index (χ1) is 10.9. The van der Waals surface area contributed by atoms with E-state index in [0.717, 1.165) is 42.5 Å². The van der Waals surface area contributed by atoms with Gasteiger partial charge in [0.1, 0.15) is 0 Å². The molecule has 23 heavy (non-hydrogen) atoms. The van der Waals surface area contributed by atoms with Gasteiger partial charge in [0.15, 0.2) is 0 Å². The maximum Gasteiger partial charge on any atom is 0.211 e. The molecule has 2 aromatic rings. The molecule has 1 N–H and O–H groups in total. The SMILES string of the molecule is CS(=O)(=O)N1CC2(CCN(c3cc(Cl)cc4[nH]ncc34)CC2)C1. The van der Waals surface area contributed by atoms with Crippen LogP contribution < -0.4 is 4.90 Å². The number of sulfonamides is 1. The molecule has 0 saturated carbocycles. The summed E-state index contributed by atoms with van der Waals surface area (Å²) >= 11 is 6.22. The van der Waals surface area contributed by atoms with Crippen molar-refractivity contribution in [3.63, 3.8) is 0 Å². The number of hydrogen-bond acceptors (Lipinski definition) is 4. The third kappa shape index (κ3) is 2.60. The molecule has 2 fully saturated rings. The molecule has 0 unspecified atom stereocenters. The third-order valence-electron chi connectivity index (χ3n) is 5.16. The van der Waals surface area contributed by atoms with Gasteiger partial charge < -0.3 is 4.90 Å². The normalized spacial score (nSPS) is 21.7. The third-order valence-corrected chi connectivity index (χ3v) is 6.57. The molecule has 2 saturated heterocycles. The Balaban J connectivity index is 1.51. The number of H-pyrrole nitrogens is 1. The van der Waals surface area contributed by atoms with E-state index in [2.05, 4.69) is 15.1 Å². The minimum Gasteiger partial charge on any atom is -0.371 e. The molecule has 8 heteroatoms. The van der Waals surface area contributed by atoms with Crippen LogP contribution >= 0.6 is 11.6 Å². The number of nitrogens with zero attached hydrogens (tertiary/aromatic N) is 3. The van der Waals surface area contributed by atoms with Crippen molar-refractivity contribution in [1.29, 1.82) is 0 Å². The highest BCUT2D eigenvalue weighted by Crippen LogP contribution is 2.43. The minimum atomic E-state index is -3.04. The van der Waals surface area contributed by atoms with Gasteiger partial charge in [-0.1, -0.05) is 11.6 Å². The average Bonchev–Trinajstić information content (AvgIpc) is 2.91. The van der Waals surface area contributed by atoms with Crippen molar-refractivity contribution >= 4 is 38.2 Å². The Morgan fingerprint density at radius 1 is 1.26 bits per heavy atom. The molecule has 0 amide bonds. The summed E-state index contributed by atoms with van der Waals surface area (Å²) in [4.78, 5) is 2.33. The van der Waals surface area contributed by atoms with E-state index in [4.69, 9.17) is 11.6 Å². The van der Waals surface area contributed by atoms with Gasteiger partial charge in [0, 0.05) is 47.7 Å². The summed E-state index contributed by atoms with van der Waals surface area (Å²) in [5, 5.41) is 8.85. The largest absolute Gasteiger partial charge is 0.371 e. The molecule has 0 atom stereocenters. The number of halogens is 1. The summed E-state index contributed by atoms with van der Waals surface area (Å²) < 4.78 is 24.7. The second-order valence-electron chi connectivity index (χ2n) is 6.77. The van der Waals surface area contributed by atoms with E-state index in [0.29, 0.717) is 18.1 Å². The summed E-state index contributed by atoms with van der Waals surface area (Å²) in [6.45, 7) is 3.16. The number of hydrogen-bond donors (Lipinski definition) is 1. The van der Waals surface area contributed by atoms with Crippen LogP contribution in [0, 0.1) is 5.41 Å². The van der Waals surface area contributed by atoms with Gasteiger partial charge in [-0.15, -0.1) is 0 Å². The maximum atomic E-state index is 11.6. The van der Waals surface area contributed by atoms with E-state index in [9.17, 15) is 8.42 Å². The first kappa shape index (κ1) is 15.2. The fourth-order valence-corrected chi connectivity index (χ4v) is 4.96. The van der Waals surface area contributed by atoms with Crippen LogP contribution in [0.4, 0.5) is 5.69 Å². The second kappa shape index (κ2) is 5.09. The van der Waals surface area contributed by atoms with Gasteiger partial charge in [-0.3, -0.25) is 5.10 Å². The first-order valence-electron chi connectivity index (χ1n) is 7.69. The van der Waals surface area contributed by atoms with Crippen LogP contribution in [0.1, 0.15) is 12.8 Å². The number of aromatic nitrogens is 2. The van der Waals surface area contributed by atoms with E-state index in [1.165, 1.54) is 6.26 Å². The average molecular weight is 355 g/mol. The van der Waals surface area contributed by atoms with Gasteiger partial charge in [-0.2, -0.15) is 5.10 Å². The quantitative estimate of drug-likeness (QED) is 0.896. The molecule has 1 aromatic carbocycles. The van der Waals surface area contributed by atoms with Crippen molar-refractivity contribution < 1.29 is 8.42 Å². The van der Waals surface area contributed by atoms with Gasteiger partial charge in [0.25, 0.3) is 0 Å². The van der Waals surface area contributed by atoms with Crippen molar-refractivity contribution in [3.05, 3.63) is 23.4 Å². The van der Waals surface area contributed by atoms with Crippen LogP contribution in [-0.4, -0.2) is 55.4 Å². The standard InChI is InChI=1S/C15H19ClN4O2S/c1-23(21,22)20-9-15(10-20)2-4-19(5-3-15)14-7-11(16)6-13-12(14)8-17-18-13/h6-8H,2-5,9-10H2,1H3,(H,17,18). The van der Waals surface area contributed by atoms with E-state index in [-0.39, 0.29) is 5.41 Å². The van der Waals surface area contributed by atoms with Crippen molar-refractivity contribution in [2.75, 3.05) is 37.3 Å². The molecule has 3 heterocycles. The molecule has 0 bridgehead atoms. The first-order valence-corrected chi connectivity index (χ1v) is 9.92. The predicted molar refractivity (Wildman–Crippen MR) is 91.4 cm³/mol. The molecular weight excluding hydrogens is 336 g/mol. The van der Waals surface area contributed by atoms with Gasteiger partial charge >= 0.3 is 0 Å². The molecule has 0 radical (unpaired) electrons. The van der Waals surface area contributed by atoms with Gasteiger partial charge in [-0.05, 0) is 25.0 Å². The molecule has 1 aromatic heterocycles. The Kier molecular flexibility index (Phi) is 3.37. The van der Waals surface area contributed by atoms with E-state index < -0.39 is 10.0 Å². The summed E-state index contributed by atoms with van der Waals surface area (Å²) in [6, 6.07) is 3.87. The summed E-state index contributed by atoms with van der Waals surface area (Å²) in [5.74, 6) is 0. The second-order valence-corrected chi connectivity index (χ2v) is 9.19. The molecule has 6 nitrogen and oxygen atoms in total. The lowest BCUT2D eigenvalue weighted by atomic mass is 9.73. The van der Waals surface area contributed by atoms with E-state index in [1.54, 1.807) is 4.31 Å². The van der Waals surface area contributed by atoms with Gasteiger partial charge in [0.05, 0.1) is 18.0 Å². The van der Waals surface area contributed by atoms with E-state index in [1.807, 2.05) is 18.3 Å². The number of fused-ring (bicyclic) bond motifs is 1. The number of piperidine rings is 1. The number of anilines is 1. The van der Waals surface area contributed by atoms with Crippen molar-refractivity contribution in [2.24, 2.45) is 5.41 Å². The van der Waals surface area contributed by atoms with Crippen molar-refractivity contribution in [3.8, 4) is 0 Å². The Morgan fingerprint density at radius 2 is 1.96 bits per heavy atom. The number of aromatic amines is 1. The number of rotatable bonds is 2. The highest BCUT2D eigenvalue weighted by molar-refractivity contribution is 7.88. The molecule has 124 valence electrons. The lowest BCUT2D eigenvalue weighted by molar-refractivity contribution is 0.0443. The zero-order valence-electron chi connectivity index (χ0n) is 12.9. The molecule has 2 aliphatic heterocycles.